The van der Waals surface area contributed by atoms with Gasteiger partial charge in [0.05, 0.1) is 0 Å². The lowest BCUT2D eigenvalue weighted by molar-refractivity contribution is -0.480. The third-order valence-corrected chi connectivity index (χ3v) is 7.26. The van der Waals surface area contributed by atoms with E-state index in [1.54, 1.807) is 0 Å². The van der Waals surface area contributed by atoms with E-state index < -0.39 is 75.2 Å². The summed E-state index contributed by atoms with van der Waals surface area (Å²) in [5.74, 6) is -25.4. The highest BCUT2D eigenvalue weighted by molar-refractivity contribution is 7.87. The maximum atomic E-state index is 15.4. The minimum Gasteiger partial charge on any atom is -0.281 e. The molecule has 206 valence electrons. The van der Waals surface area contributed by atoms with E-state index in [9.17, 15) is 61.1 Å². The van der Waals surface area contributed by atoms with Gasteiger partial charge in [0.15, 0.2) is 0 Å². The Morgan fingerprint density at radius 2 is 1.09 bits per heavy atom. The first-order valence-corrected chi connectivity index (χ1v) is 10.5. The Kier molecular flexibility index (Phi) is 8.54. The Bertz CT molecular complexity index is 842. The van der Waals surface area contributed by atoms with Crippen LogP contribution in [0.25, 0.3) is 0 Å². The average molecular weight is 556 g/mol. The van der Waals surface area contributed by atoms with Crippen LogP contribution in [0, 0.1) is 10.8 Å². The van der Waals surface area contributed by atoms with Crippen molar-refractivity contribution >= 4 is 10.1 Å². The number of hydrogen-bond acceptors (Lipinski definition) is 3. The molecule has 3 unspecified atom stereocenters. The standard InChI is InChI=1S/C16H21F13O4S/c1-6-9(3,11(5,19)20)10(4,7-2)12(21,8(17)18)33-15(26,27)13(22,23)14(24,25)16(28,29)34(30,31)32/h8H,6-7H2,1-5H3,(H,30,31,32). The molecule has 0 heterocycles. The van der Waals surface area contributed by atoms with E-state index in [0.29, 0.717) is 13.8 Å². The molecular formula is C16H21F13O4S. The van der Waals surface area contributed by atoms with E-state index in [1.165, 1.54) is 0 Å². The molecule has 3 atom stereocenters. The molecule has 0 aromatic rings. The van der Waals surface area contributed by atoms with Crippen molar-refractivity contribution in [3.63, 3.8) is 0 Å². The van der Waals surface area contributed by atoms with Crippen molar-refractivity contribution < 1.29 is 74.8 Å². The zero-order chi connectivity index (χ0) is 28.2. The van der Waals surface area contributed by atoms with Crippen molar-refractivity contribution in [1.82, 2.24) is 0 Å². The molecule has 0 spiro atoms. The Morgan fingerprint density at radius 3 is 1.32 bits per heavy atom. The fourth-order valence-corrected chi connectivity index (χ4v) is 3.82. The van der Waals surface area contributed by atoms with Crippen molar-refractivity contribution in [1.29, 1.82) is 0 Å². The van der Waals surface area contributed by atoms with E-state index in [-0.39, 0.29) is 13.8 Å². The van der Waals surface area contributed by atoms with Crippen molar-refractivity contribution in [2.24, 2.45) is 10.8 Å². The molecule has 0 radical (unpaired) electrons. The monoisotopic (exact) mass is 556 g/mol. The average Bonchev–Trinajstić information content (AvgIpc) is 2.63. The Balaban J connectivity index is 7.11. The topological polar surface area (TPSA) is 63.6 Å². The lowest BCUT2D eigenvalue weighted by Gasteiger charge is -2.55. The van der Waals surface area contributed by atoms with E-state index in [1.807, 2.05) is 0 Å². The van der Waals surface area contributed by atoms with Gasteiger partial charge in [-0.1, -0.05) is 27.7 Å². The molecule has 0 aromatic carbocycles. The van der Waals surface area contributed by atoms with Gasteiger partial charge in [-0.25, -0.2) is 22.0 Å². The normalized spacial score (nSPS) is 20.6. The van der Waals surface area contributed by atoms with Gasteiger partial charge < -0.3 is 0 Å². The first kappa shape index (κ1) is 33.0. The van der Waals surface area contributed by atoms with Gasteiger partial charge in [-0.15, -0.1) is 0 Å². The molecule has 0 aromatic heterocycles. The van der Waals surface area contributed by atoms with Crippen LogP contribution in [0.15, 0.2) is 0 Å². The highest BCUT2D eigenvalue weighted by Crippen LogP contribution is 2.64. The van der Waals surface area contributed by atoms with Crippen LogP contribution < -0.4 is 0 Å². The number of ether oxygens (including phenoxy) is 1. The van der Waals surface area contributed by atoms with Gasteiger partial charge in [0.2, 0.25) is 0 Å². The molecule has 18 heteroatoms. The highest BCUT2D eigenvalue weighted by Gasteiger charge is 2.87. The van der Waals surface area contributed by atoms with Gasteiger partial charge in [0.25, 0.3) is 18.2 Å². The number of rotatable bonds is 12. The zero-order valence-corrected chi connectivity index (χ0v) is 18.8. The Morgan fingerprint density at radius 1 is 0.735 bits per heavy atom. The van der Waals surface area contributed by atoms with Crippen LogP contribution in [-0.2, 0) is 14.9 Å². The van der Waals surface area contributed by atoms with Gasteiger partial charge in [-0.2, -0.15) is 43.5 Å². The minimum absolute atomic E-state index is 0.0316. The van der Waals surface area contributed by atoms with Crippen LogP contribution in [0.2, 0.25) is 0 Å². The highest BCUT2D eigenvalue weighted by atomic mass is 32.2. The summed E-state index contributed by atoms with van der Waals surface area (Å²) < 4.78 is 212. The zero-order valence-electron chi connectivity index (χ0n) is 18.0. The van der Waals surface area contributed by atoms with Crippen LogP contribution in [0.5, 0.6) is 0 Å². The van der Waals surface area contributed by atoms with Crippen LogP contribution in [-0.4, -0.2) is 54.4 Å². The molecule has 0 aliphatic heterocycles. The summed E-state index contributed by atoms with van der Waals surface area (Å²) in [5.41, 5.74) is -6.70. The molecule has 1 N–H and O–H groups in total. The largest absolute Gasteiger partial charge is 0.438 e. The third kappa shape index (κ3) is 4.35. The summed E-state index contributed by atoms with van der Waals surface area (Å²) in [7, 11) is -7.54. The lowest BCUT2D eigenvalue weighted by Crippen LogP contribution is -2.69. The summed E-state index contributed by atoms with van der Waals surface area (Å²) in [6.07, 6.45) is -14.7. The fourth-order valence-electron chi connectivity index (χ4n) is 3.37. The summed E-state index contributed by atoms with van der Waals surface area (Å²) >= 11 is 0. The van der Waals surface area contributed by atoms with Crippen LogP contribution in [0.4, 0.5) is 57.1 Å². The van der Waals surface area contributed by atoms with Crippen molar-refractivity contribution in [2.75, 3.05) is 0 Å². The number of alkyl halides is 13. The van der Waals surface area contributed by atoms with Crippen LogP contribution in [0.1, 0.15) is 47.5 Å². The Hall–Kier alpha value is -1.04. The van der Waals surface area contributed by atoms with E-state index in [2.05, 4.69) is 4.74 Å². The van der Waals surface area contributed by atoms with Crippen molar-refractivity contribution in [3.8, 4) is 0 Å². The van der Waals surface area contributed by atoms with Crippen molar-refractivity contribution in [2.45, 2.75) is 88.9 Å². The van der Waals surface area contributed by atoms with Crippen LogP contribution >= 0.6 is 0 Å². The first-order valence-electron chi connectivity index (χ1n) is 9.05. The maximum Gasteiger partial charge on any atom is 0.438 e. The van der Waals surface area contributed by atoms with Gasteiger partial charge in [0, 0.05) is 10.8 Å². The maximum absolute atomic E-state index is 15.4. The van der Waals surface area contributed by atoms with E-state index in [4.69, 9.17) is 4.55 Å². The molecule has 0 bridgehead atoms. The fraction of sp³-hybridized carbons (Fsp3) is 1.00. The molecule has 0 saturated heterocycles. The predicted octanol–water partition coefficient (Wildman–Crippen LogP) is 6.77. The molecule has 0 saturated carbocycles. The quantitative estimate of drug-likeness (QED) is 0.213. The molecule has 0 fully saturated rings. The molecule has 34 heavy (non-hydrogen) atoms. The molecule has 4 nitrogen and oxygen atoms in total. The summed E-state index contributed by atoms with van der Waals surface area (Å²) in [5, 5.41) is -7.36. The summed E-state index contributed by atoms with van der Waals surface area (Å²) in [4.78, 5) is 0. The van der Waals surface area contributed by atoms with Crippen LogP contribution in [0.3, 0.4) is 0 Å². The molecule has 0 amide bonds. The summed E-state index contributed by atoms with van der Waals surface area (Å²) in [6.45, 7) is 2.05. The second kappa shape index (κ2) is 8.81. The molecule has 0 rings (SSSR count). The molecule has 0 aliphatic rings. The van der Waals surface area contributed by atoms with Crippen molar-refractivity contribution in [3.05, 3.63) is 0 Å². The Labute approximate surface area is 185 Å². The number of hydrogen-bond donors (Lipinski definition) is 1. The molecular weight excluding hydrogens is 535 g/mol. The second-order valence-electron chi connectivity index (χ2n) is 7.96. The third-order valence-electron chi connectivity index (χ3n) is 6.36. The smallest absolute Gasteiger partial charge is 0.281 e. The van der Waals surface area contributed by atoms with Gasteiger partial charge >= 0.3 is 33.3 Å². The van der Waals surface area contributed by atoms with Gasteiger partial charge in [-0.3, -0.25) is 9.29 Å². The number of halogens is 13. The van der Waals surface area contributed by atoms with E-state index >= 15 is 4.39 Å². The van der Waals surface area contributed by atoms with Gasteiger partial charge in [0.1, 0.15) is 0 Å². The first-order chi connectivity index (χ1) is 14.5. The van der Waals surface area contributed by atoms with Gasteiger partial charge in [-0.05, 0) is 19.8 Å². The predicted molar refractivity (Wildman–Crippen MR) is 89.7 cm³/mol. The summed E-state index contributed by atoms with van der Waals surface area (Å²) in [6, 6.07) is 0. The minimum atomic E-state index is -7.79. The van der Waals surface area contributed by atoms with E-state index in [0.717, 1.165) is 6.92 Å². The molecule has 0 aliphatic carbocycles. The lowest BCUT2D eigenvalue weighted by atomic mass is 9.56. The SMILES string of the molecule is CCC(C)(C(C)(F)F)C(C)(CC)C(F)(OC(F)(F)C(F)(F)C(F)(F)C(F)(F)S(=O)(=O)O)C(F)F. The second-order valence-corrected chi connectivity index (χ2v) is 9.43.